The van der Waals surface area contributed by atoms with E-state index in [0.717, 1.165) is 25.7 Å². The van der Waals surface area contributed by atoms with Gasteiger partial charge in [-0.25, -0.2) is 14.8 Å². The van der Waals surface area contributed by atoms with Crippen LogP contribution in [0.15, 0.2) is 17.1 Å². The molecule has 2 N–H and O–H groups in total. The summed E-state index contributed by atoms with van der Waals surface area (Å²) in [5.41, 5.74) is -0.112. The fraction of sp³-hybridized carbons (Fsp3) is 0.667. The van der Waals surface area contributed by atoms with E-state index in [4.69, 9.17) is 4.74 Å². The van der Waals surface area contributed by atoms with Crippen molar-refractivity contribution in [1.29, 1.82) is 0 Å². The maximum atomic E-state index is 13.0. The third-order valence-electron chi connectivity index (χ3n) is 4.56. The molecule has 3 rings (SSSR count). The van der Waals surface area contributed by atoms with Gasteiger partial charge in [-0.15, -0.1) is 0 Å². The molecule has 0 radical (unpaired) electrons. The van der Waals surface area contributed by atoms with Crippen LogP contribution in [0.3, 0.4) is 0 Å². The fourth-order valence-corrected chi connectivity index (χ4v) is 3.46. The number of nitrogens with zero attached hydrogens (tertiary/aromatic N) is 2. The lowest BCUT2D eigenvalue weighted by Crippen LogP contribution is -2.51. The van der Waals surface area contributed by atoms with E-state index in [0.29, 0.717) is 22.3 Å². The first kappa shape index (κ1) is 19.1. The Morgan fingerprint density at radius 2 is 1.69 bits per heavy atom. The molecular formula is C18H25BrN4O3. The molecule has 26 heavy (non-hydrogen) atoms. The van der Waals surface area contributed by atoms with Crippen molar-refractivity contribution in [3.05, 3.63) is 17.1 Å². The van der Waals surface area contributed by atoms with Crippen molar-refractivity contribution in [2.75, 3.05) is 5.32 Å². The van der Waals surface area contributed by atoms with Crippen LogP contribution in [0.4, 0.5) is 10.5 Å². The molecule has 0 aromatic carbocycles. The van der Waals surface area contributed by atoms with E-state index >= 15 is 0 Å². The van der Waals surface area contributed by atoms with Crippen LogP contribution in [0.5, 0.6) is 0 Å². The summed E-state index contributed by atoms with van der Waals surface area (Å²) in [4.78, 5) is 33.3. The number of carbonyl (C=O) groups is 2. The van der Waals surface area contributed by atoms with Crippen molar-refractivity contribution in [2.45, 2.75) is 58.1 Å². The van der Waals surface area contributed by atoms with Gasteiger partial charge in [0.2, 0.25) is 5.91 Å². The number of nitrogens with one attached hydrogen (secondary N) is 2. The summed E-state index contributed by atoms with van der Waals surface area (Å²) in [6.07, 6.45) is 6.96. The van der Waals surface area contributed by atoms with Gasteiger partial charge in [0.1, 0.15) is 11.6 Å². The molecule has 0 saturated heterocycles. The van der Waals surface area contributed by atoms with Gasteiger partial charge in [0, 0.05) is 0 Å². The zero-order valence-electron chi connectivity index (χ0n) is 15.3. The molecule has 7 nitrogen and oxygen atoms in total. The van der Waals surface area contributed by atoms with Gasteiger partial charge in [0.15, 0.2) is 4.73 Å². The van der Waals surface area contributed by atoms with Gasteiger partial charge in [-0.3, -0.25) is 4.79 Å². The van der Waals surface area contributed by atoms with Gasteiger partial charge < -0.3 is 15.4 Å². The Bertz CT molecular complexity index is 654. The molecule has 1 unspecified atom stereocenters. The summed E-state index contributed by atoms with van der Waals surface area (Å²) < 4.78 is 5.83. The van der Waals surface area contributed by atoms with E-state index in [1.165, 1.54) is 12.4 Å². The SMILES string of the molecule is CC(C)(C)OC(=O)NC(C(=O)Nc1cnc(Br)nc1)C(C1CC1)C1CC1. The van der Waals surface area contributed by atoms with Crippen molar-refractivity contribution in [2.24, 2.45) is 17.8 Å². The minimum Gasteiger partial charge on any atom is -0.444 e. The minimum atomic E-state index is -0.617. The molecule has 0 aliphatic heterocycles. The zero-order valence-corrected chi connectivity index (χ0v) is 16.9. The molecule has 8 heteroatoms. The lowest BCUT2D eigenvalue weighted by atomic mass is 9.88. The van der Waals surface area contributed by atoms with Gasteiger partial charge in [-0.1, -0.05) is 0 Å². The maximum absolute atomic E-state index is 13.0. The largest absolute Gasteiger partial charge is 0.444 e. The number of ether oxygens (including phenoxy) is 1. The maximum Gasteiger partial charge on any atom is 0.408 e. The molecule has 2 aliphatic carbocycles. The van der Waals surface area contributed by atoms with Crippen LogP contribution in [-0.4, -0.2) is 33.6 Å². The molecule has 0 bridgehead atoms. The van der Waals surface area contributed by atoms with Crippen molar-refractivity contribution in [1.82, 2.24) is 15.3 Å². The summed E-state index contributed by atoms with van der Waals surface area (Å²) >= 11 is 3.17. The molecule has 1 heterocycles. The molecule has 2 fully saturated rings. The van der Waals surface area contributed by atoms with Crippen LogP contribution in [0.25, 0.3) is 0 Å². The Morgan fingerprint density at radius 3 is 2.15 bits per heavy atom. The minimum absolute atomic E-state index is 0.152. The number of anilines is 1. The number of aromatic nitrogens is 2. The van der Waals surface area contributed by atoms with Gasteiger partial charge in [0.05, 0.1) is 18.1 Å². The second kappa shape index (κ2) is 7.50. The van der Waals surface area contributed by atoms with E-state index < -0.39 is 17.7 Å². The summed E-state index contributed by atoms with van der Waals surface area (Å²) in [6, 6.07) is -0.617. The van der Waals surface area contributed by atoms with E-state index in [1.54, 1.807) is 20.8 Å². The van der Waals surface area contributed by atoms with Crippen LogP contribution in [0.1, 0.15) is 46.5 Å². The lowest BCUT2D eigenvalue weighted by molar-refractivity contribution is -0.120. The summed E-state index contributed by atoms with van der Waals surface area (Å²) in [7, 11) is 0. The smallest absolute Gasteiger partial charge is 0.408 e. The van der Waals surface area contributed by atoms with Crippen molar-refractivity contribution >= 4 is 33.6 Å². The number of hydrogen-bond donors (Lipinski definition) is 2. The van der Waals surface area contributed by atoms with Crippen LogP contribution in [0, 0.1) is 17.8 Å². The monoisotopic (exact) mass is 424 g/mol. The first-order valence-electron chi connectivity index (χ1n) is 9.01. The number of halogens is 1. The summed E-state index contributed by atoms with van der Waals surface area (Å²) in [5, 5.41) is 5.65. The van der Waals surface area contributed by atoms with E-state index in [9.17, 15) is 9.59 Å². The fourth-order valence-electron chi connectivity index (χ4n) is 3.26. The molecule has 142 valence electrons. The number of rotatable bonds is 6. The van der Waals surface area contributed by atoms with Gasteiger partial charge >= 0.3 is 6.09 Å². The van der Waals surface area contributed by atoms with E-state index in [-0.39, 0.29) is 11.8 Å². The molecule has 0 spiro atoms. The number of hydrogen-bond acceptors (Lipinski definition) is 5. The topological polar surface area (TPSA) is 93.2 Å². The Hall–Kier alpha value is -1.70. The molecule has 1 aromatic heterocycles. The zero-order chi connectivity index (χ0) is 18.9. The molecule has 2 aliphatic rings. The highest BCUT2D eigenvalue weighted by atomic mass is 79.9. The standard InChI is InChI=1S/C18H25BrN4O3/c1-18(2,3)26-17(25)23-14(13(10-4-5-10)11-6-7-11)15(24)22-12-8-20-16(19)21-9-12/h8-11,13-14H,4-7H2,1-3H3,(H,22,24)(H,23,25). The quantitative estimate of drug-likeness (QED) is 0.681. The van der Waals surface area contributed by atoms with E-state index in [2.05, 4.69) is 36.5 Å². The predicted octanol–water partition coefficient (Wildman–Crippen LogP) is 3.51. The predicted molar refractivity (Wildman–Crippen MR) is 100 cm³/mol. The van der Waals surface area contributed by atoms with Crippen LogP contribution in [0.2, 0.25) is 0 Å². The Kier molecular flexibility index (Phi) is 5.50. The van der Waals surface area contributed by atoms with Crippen molar-refractivity contribution in [3.8, 4) is 0 Å². The van der Waals surface area contributed by atoms with Gasteiger partial charge in [-0.2, -0.15) is 0 Å². The second-order valence-corrected chi connectivity index (χ2v) is 8.82. The molecule has 1 atom stereocenters. The molecule has 2 amide bonds. The molecule has 1 aromatic rings. The summed E-state index contributed by atoms with van der Waals surface area (Å²) in [6.45, 7) is 5.42. The first-order valence-corrected chi connectivity index (χ1v) is 9.80. The van der Waals surface area contributed by atoms with Crippen LogP contribution >= 0.6 is 15.9 Å². The van der Waals surface area contributed by atoms with Gasteiger partial charge in [0.25, 0.3) is 0 Å². The van der Waals surface area contributed by atoms with E-state index in [1.807, 2.05) is 0 Å². The van der Waals surface area contributed by atoms with Crippen LogP contribution < -0.4 is 10.6 Å². The highest BCUT2D eigenvalue weighted by Gasteiger charge is 2.48. The lowest BCUT2D eigenvalue weighted by Gasteiger charge is -2.29. The third-order valence-corrected chi connectivity index (χ3v) is 4.97. The average Bonchev–Trinajstić information content (AvgIpc) is 3.41. The number of alkyl carbamates (subject to hydrolysis) is 1. The Labute approximate surface area is 161 Å². The molecule has 2 saturated carbocycles. The first-order chi connectivity index (χ1) is 12.2. The number of carbonyl (C=O) groups excluding carboxylic acids is 2. The highest BCUT2D eigenvalue weighted by Crippen LogP contribution is 2.50. The Morgan fingerprint density at radius 1 is 1.15 bits per heavy atom. The average molecular weight is 425 g/mol. The normalized spacial score (nSPS) is 18.3. The van der Waals surface area contributed by atoms with Crippen molar-refractivity contribution < 1.29 is 14.3 Å². The second-order valence-electron chi connectivity index (χ2n) is 8.11. The highest BCUT2D eigenvalue weighted by molar-refractivity contribution is 9.10. The van der Waals surface area contributed by atoms with Crippen LogP contribution in [-0.2, 0) is 9.53 Å². The Balaban J connectivity index is 1.74. The summed E-state index contributed by atoms with van der Waals surface area (Å²) in [5.74, 6) is 0.896. The van der Waals surface area contributed by atoms with Crippen molar-refractivity contribution in [3.63, 3.8) is 0 Å². The number of amides is 2. The van der Waals surface area contributed by atoms with Gasteiger partial charge in [-0.05, 0) is 80.1 Å². The molecular weight excluding hydrogens is 400 g/mol. The third kappa shape index (κ3) is 5.40.